The highest BCUT2D eigenvalue weighted by Crippen LogP contribution is 2.19. The summed E-state index contributed by atoms with van der Waals surface area (Å²) in [6.07, 6.45) is 5.13. The van der Waals surface area contributed by atoms with E-state index in [-0.39, 0.29) is 5.75 Å². The number of aromatic hydroxyl groups is 1. The molecular formula is C13H12N2O. The summed E-state index contributed by atoms with van der Waals surface area (Å²) >= 11 is 0. The van der Waals surface area contributed by atoms with Gasteiger partial charge in [0.1, 0.15) is 12.0 Å². The molecule has 0 atom stereocenters. The van der Waals surface area contributed by atoms with E-state index in [1.807, 2.05) is 36.4 Å². The molecule has 16 heavy (non-hydrogen) atoms. The molecule has 0 aliphatic heterocycles. The molecule has 1 aromatic heterocycles. The molecule has 1 N–H and O–H groups in total. The fourth-order valence-electron chi connectivity index (χ4n) is 1.35. The van der Waals surface area contributed by atoms with E-state index in [1.165, 1.54) is 6.33 Å². The van der Waals surface area contributed by atoms with Crippen molar-refractivity contribution in [3.8, 4) is 5.75 Å². The molecule has 0 saturated heterocycles. The summed E-state index contributed by atoms with van der Waals surface area (Å²) < 4.78 is 0. The lowest BCUT2D eigenvalue weighted by molar-refractivity contribution is 0.463. The lowest BCUT2D eigenvalue weighted by atomic mass is 10.2. The Morgan fingerprint density at radius 2 is 1.81 bits per heavy atom. The molecule has 0 aliphatic rings. The molecular weight excluding hydrogens is 200 g/mol. The molecule has 2 rings (SSSR count). The third-order valence-electron chi connectivity index (χ3n) is 2.27. The van der Waals surface area contributed by atoms with Gasteiger partial charge in [-0.2, -0.15) is 0 Å². The van der Waals surface area contributed by atoms with Crippen LogP contribution in [0.3, 0.4) is 0 Å². The minimum Gasteiger partial charge on any atom is -0.504 e. The maximum absolute atomic E-state index is 9.70. The van der Waals surface area contributed by atoms with Crippen molar-refractivity contribution in [1.29, 1.82) is 0 Å². The molecule has 0 unspecified atom stereocenters. The van der Waals surface area contributed by atoms with E-state index < -0.39 is 0 Å². The molecule has 0 aliphatic carbocycles. The summed E-state index contributed by atoms with van der Waals surface area (Å²) in [4.78, 5) is 7.91. The summed E-state index contributed by atoms with van der Waals surface area (Å²) in [5.74, 6) is 0.134. The van der Waals surface area contributed by atoms with Crippen LogP contribution in [0.4, 0.5) is 0 Å². The quantitative estimate of drug-likeness (QED) is 0.832. The largest absolute Gasteiger partial charge is 0.504 e. The second-order valence-corrected chi connectivity index (χ2v) is 3.44. The van der Waals surface area contributed by atoms with Crippen LogP contribution >= 0.6 is 0 Å². The van der Waals surface area contributed by atoms with Gasteiger partial charge in [-0.25, -0.2) is 9.97 Å². The van der Waals surface area contributed by atoms with Gasteiger partial charge < -0.3 is 5.11 Å². The first-order valence-electron chi connectivity index (χ1n) is 5.01. The van der Waals surface area contributed by atoms with Crippen LogP contribution in [-0.4, -0.2) is 15.1 Å². The molecule has 1 aromatic carbocycles. The number of hydrogen-bond acceptors (Lipinski definition) is 3. The number of hydrogen-bond donors (Lipinski definition) is 1. The molecule has 0 fully saturated rings. The van der Waals surface area contributed by atoms with Crippen LogP contribution in [0.1, 0.15) is 17.0 Å². The van der Waals surface area contributed by atoms with Crippen LogP contribution < -0.4 is 0 Å². The fourth-order valence-corrected chi connectivity index (χ4v) is 1.35. The summed E-state index contributed by atoms with van der Waals surface area (Å²) in [5.41, 5.74) is 2.19. The first kappa shape index (κ1) is 10.4. The molecule has 1 heterocycles. The van der Waals surface area contributed by atoms with E-state index in [0.717, 1.165) is 5.56 Å². The van der Waals surface area contributed by atoms with Crippen molar-refractivity contribution in [2.24, 2.45) is 0 Å². The molecule has 0 radical (unpaired) electrons. The number of rotatable bonds is 2. The summed E-state index contributed by atoms with van der Waals surface area (Å²) in [6, 6.07) is 9.86. The number of aryl methyl sites for hydroxylation is 1. The second-order valence-electron chi connectivity index (χ2n) is 3.44. The van der Waals surface area contributed by atoms with E-state index >= 15 is 0 Å². The van der Waals surface area contributed by atoms with Crippen LogP contribution in [0.15, 0.2) is 36.7 Å². The van der Waals surface area contributed by atoms with Crippen molar-refractivity contribution in [2.75, 3.05) is 0 Å². The van der Waals surface area contributed by atoms with Crippen molar-refractivity contribution in [3.63, 3.8) is 0 Å². The normalized spacial score (nSPS) is 10.8. The zero-order valence-electron chi connectivity index (χ0n) is 8.96. The Labute approximate surface area is 94.1 Å². The van der Waals surface area contributed by atoms with Crippen LogP contribution in [0.25, 0.3) is 12.2 Å². The Balaban J connectivity index is 2.28. The minimum atomic E-state index is 0.134. The second kappa shape index (κ2) is 4.57. The van der Waals surface area contributed by atoms with Gasteiger partial charge in [0.15, 0.2) is 5.75 Å². The van der Waals surface area contributed by atoms with Gasteiger partial charge in [-0.15, -0.1) is 0 Å². The molecule has 2 aromatic rings. The molecule has 0 spiro atoms. The molecule has 0 saturated carbocycles. The van der Waals surface area contributed by atoms with Crippen molar-refractivity contribution < 1.29 is 5.11 Å². The standard InChI is InChI=1S/C13H12N2O/c1-10-13(16)12(15-9-14-10)8-7-11-5-3-2-4-6-11/h2-9,16H,1H3. The lowest BCUT2D eigenvalue weighted by Crippen LogP contribution is -1.88. The predicted molar refractivity (Wildman–Crippen MR) is 63.8 cm³/mol. The summed E-state index contributed by atoms with van der Waals surface area (Å²) in [5, 5.41) is 9.70. The highest BCUT2D eigenvalue weighted by molar-refractivity contribution is 5.70. The summed E-state index contributed by atoms with van der Waals surface area (Å²) in [6.45, 7) is 1.75. The van der Waals surface area contributed by atoms with Gasteiger partial charge in [0, 0.05) is 0 Å². The van der Waals surface area contributed by atoms with Crippen molar-refractivity contribution >= 4 is 12.2 Å². The molecule has 3 heteroatoms. The SMILES string of the molecule is Cc1ncnc(C=Cc2ccccc2)c1O. The average Bonchev–Trinajstić information content (AvgIpc) is 2.32. The van der Waals surface area contributed by atoms with Crippen molar-refractivity contribution in [3.05, 3.63) is 53.6 Å². The van der Waals surface area contributed by atoms with Crippen LogP contribution in [0.2, 0.25) is 0 Å². The maximum atomic E-state index is 9.70. The Hall–Kier alpha value is -2.16. The van der Waals surface area contributed by atoms with E-state index in [2.05, 4.69) is 9.97 Å². The zero-order chi connectivity index (χ0) is 11.4. The number of nitrogens with zero attached hydrogens (tertiary/aromatic N) is 2. The zero-order valence-corrected chi connectivity index (χ0v) is 8.96. The third-order valence-corrected chi connectivity index (χ3v) is 2.27. The predicted octanol–water partition coefficient (Wildman–Crippen LogP) is 2.66. The highest BCUT2D eigenvalue weighted by Gasteiger charge is 2.02. The van der Waals surface area contributed by atoms with Gasteiger partial charge in [-0.05, 0) is 18.6 Å². The monoisotopic (exact) mass is 212 g/mol. The smallest absolute Gasteiger partial charge is 0.162 e. The van der Waals surface area contributed by atoms with Gasteiger partial charge in [0.2, 0.25) is 0 Å². The average molecular weight is 212 g/mol. The van der Waals surface area contributed by atoms with Crippen molar-refractivity contribution in [2.45, 2.75) is 6.92 Å². The first-order chi connectivity index (χ1) is 7.77. The topological polar surface area (TPSA) is 46.0 Å². The van der Waals surface area contributed by atoms with E-state index in [9.17, 15) is 5.11 Å². The van der Waals surface area contributed by atoms with Gasteiger partial charge in [0.05, 0.1) is 5.69 Å². The third kappa shape index (κ3) is 2.25. The Bertz CT molecular complexity index is 507. The Kier molecular flexibility index (Phi) is 2.96. The van der Waals surface area contributed by atoms with Gasteiger partial charge in [0.25, 0.3) is 0 Å². The summed E-state index contributed by atoms with van der Waals surface area (Å²) in [7, 11) is 0. The van der Waals surface area contributed by atoms with Gasteiger partial charge >= 0.3 is 0 Å². The van der Waals surface area contributed by atoms with Crippen LogP contribution in [0.5, 0.6) is 5.75 Å². The molecule has 0 amide bonds. The minimum absolute atomic E-state index is 0.134. The Morgan fingerprint density at radius 1 is 1.06 bits per heavy atom. The molecule has 0 bridgehead atoms. The number of benzene rings is 1. The Morgan fingerprint density at radius 3 is 2.56 bits per heavy atom. The first-order valence-corrected chi connectivity index (χ1v) is 5.01. The van der Waals surface area contributed by atoms with Crippen LogP contribution in [0, 0.1) is 6.92 Å². The van der Waals surface area contributed by atoms with E-state index in [4.69, 9.17) is 0 Å². The number of aromatic nitrogens is 2. The van der Waals surface area contributed by atoms with Gasteiger partial charge in [-0.1, -0.05) is 36.4 Å². The lowest BCUT2D eigenvalue weighted by Gasteiger charge is -1.99. The molecule has 80 valence electrons. The fraction of sp³-hybridized carbons (Fsp3) is 0.0769. The van der Waals surface area contributed by atoms with Crippen LogP contribution in [-0.2, 0) is 0 Å². The highest BCUT2D eigenvalue weighted by atomic mass is 16.3. The molecule has 3 nitrogen and oxygen atoms in total. The maximum Gasteiger partial charge on any atom is 0.162 e. The van der Waals surface area contributed by atoms with E-state index in [0.29, 0.717) is 11.4 Å². The van der Waals surface area contributed by atoms with Gasteiger partial charge in [-0.3, -0.25) is 0 Å². The van der Waals surface area contributed by atoms with Crippen molar-refractivity contribution in [1.82, 2.24) is 9.97 Å². The van der Waals surface area contributed by atoms with E-state index in [1.54, 1.807) is 13.0 Å².